The third-order valence-electron chi connectivity index (χ3n) is 5.57. The van der Waals surface area contributed by atoms with Crippen LogP contribution in [-0.2, 0) is 26.1 Å². The quantitative estimate of drug-likeness (QED) is 0.617. The van der Waals surface area contributed by atoms with Gasteiger partial charge in [0.05, 0.1) is 18.0 Å². The third kappa shape index (κ3) is 6.33. The SMILES string of the molecule is CCOC(=O)N1CCN(C(=O)CN(Cc2cccc(C)c2)S(=O)(=O)c2ccc(C)cc2)CC1. The van der Waals surface area contributed by atoms with Gasteiger partial charge < -0.3 is 14.5 Å². The van der Waals surface area contributed by atoms with Crippen LogP contribution in [0.1, 0.15) is 23.6 Å². The lowest BCUT2D eigenvalue weighted by atomic mass is 10.1. The standard InChI is InChI=1S/C24H31N3O5S/c1-4-32-24(29)26-14-12-25(13-15-26)23(28)18-27(17-21-7-5-6-20(3)16-21)33(30,31)22-10-8-19(2)9-11-22/h5-11,16H,4,12-15,17-18H2,1-3H3. The van der Waals surface area contributed by atoms with Crippen molar-refractivity contribution in [2.45, 2.75) is 32.2 Å². The molecule has 0 bridgehead atoms. The molecule has 0 N–H and O–H groups in total. The van der Waals surface area contributed by atoms with Gasteiger partial charge in [0, 0.05) is 32.7 Å². The van der Waals surface area contributed by atoms with Crippen molar-refractivity contribution >= 4 is 22.0 Å². The van der Waals surface area contributed by atoms with Crippen molar-refractivity contribution < 1.29 is 22.7 Å². The zero-order valence-electron chi connectivity index (χ0n) is 19.4. The monoisotopic (exact) mass is 473 g/mol. The Morgan fingerprint density at radius 3 is 2.18 bits per heavy atom. The van der Waals surface area contributed by atoms with Crippen LogP contribution >= 0.6 is 0 Å². The minimum Gasteiger partial charge on any atom is -0.450 e. The van der Waals surface area contributed by atoms with E-state index >= 15 is 0 Å². The summed E-state index contributed by atoms with van der Waals surface area (Å²) < 4.78 is 33.1. The average Bonchev–Trinajstić information content (AvgIpc) is 2.79. The Kier molecular flexibility index (Phi) is 8.10. The molecular weight excluding hydrogens is 442 g/mol. The first-order chi connectivity index (χ1) is 15.7. The second kappa shape index (κ2) is 10.8. The summed E-state index contributed by atoms with van der Waals surface area (Å²) in [5.41, 5.74) is 2.78. The Hall–Kier alpha value is -2.91. The van der Waals surface area contributed by atoms with E-state index in [4.69, 9.17) is 4.74 Å². The molecule has 0 radical (unpaired) electrons. The summed E-state index contributed by atoms with van der Waals surface area (Å²) in [5.74, 6) is -0.290. The maximum Gasteiger partial charge on any atom is 0.409 e. The lowest BCUT2D eigenvalue weighted by Crippen LogP contribution is -2.53. The smallest absolute Gasteiger partial charge is 0.409 e. The Labute approximate surface area is 195 Å². The van der Waals surface area contributed by atoms with Crippen LogP contribution in [0.5, 0.6) is 0 Å². The predicted octanol–water partition coefficient (Wildman–Crippen LogP) is 2.80. The molecule has 1 aliphatic heterocycles. The molecule has 1 heterocycles. The first-order valence-corrected chi connectivity index (χ1v) is 12.5. The topological polar surface area (TPSA) is 87.2 Å². The highest BCUT2D eigenvalue weighted by atomic mass is 32.2. The van der Waals surface area contributed by atoms with E-state index in [0.29, 0.717) is 32.8 Å². The zero-order chi connectivity index (χ0) is 24.0. The first kappa shape index (κ1) is 24.7. The molecule has 2 amide bonds. The molecule has 0 atom stereocenters. The van der Waals surface area contributed by atoms with Crippen molar-refractivity contribution in [3.05, 3.63) is 65.2 Å². The van der Waals surface area contributed by atoms with Gasteiger partial charge in [0.15, 0.2) is 0 Å². The Balaban J connectivity index is 1.77. The number of ether oxygens (including phenoxy) is 1. The molecule has 0 aromatic heterocycles. The molecule has 1 saturated heterocycles. The zero-order valence-corrected chi connectivity index (χ0v) is 20.2. The second-order valence-corrected chi connectivity index (χ2v) is 10.1. The van der Waals surface area contributed by atoms with Gasteiger partial charge in [0.1, 0.15) is 0 Å². The molecule has 9 heteroatoms. The fraction of sp³-hybridized carbons (Fsp3) is 0.417. The van der Waals surface area contributed by atoms with Crippen molar-refractivity contribution in [2.75, 3.05) is 39.3 Å². The van der Waals surface area contributed by atoms with E-state index in [1.54, 1.807) is 41.0 Å². The van der Waals surface area contributed by atoms with Crippen LogP contribution in [0.4, 0.5) is 4.79 Å². The van der Waals surface area contributed by atoms with E-state index in [-0.39, 0.29) is 23.9 Å². The van der Waals surface area contributed by atoms with Gasteiger partial charge >= 0.3 is 6.09 Å². The Morgan fingerprint density at radius 1 is 0.939 bits per heavy atom. The summed E-state index contributed by atoms with van der Waals surface area (Å²) in [6, 6.07) is 14.2. The lowest BCUT2D eigenvalue weighted by molar-refractivity contribution is -0.133. The summed E-state index contributed by atoms with van der Waals surface area (Å²) in [7, 11) is -3.89. The summed E-state index contributed by atoms with van der Waals surface area (Å²) in [5, 5.41) is 0. The normalized spacial score (nSPS) is 14.4. The van der Waals surface area contributed by atoms with E-state index in [9.17, 15) is 18.0 Å². The minimum atomic E-state index is -3.89. The molecular formula is C24H31N3O5S. The average molecular weight is 474 g/mol. The molecule has 0 saturated carbocycles. The number of rotatable bonds is 7. The molecule has 178 valence electrons. The van der Waals surface area contributed by atoms with E-state index in [1.165, 1.54) is 4.31 Å². The maximum atomic E-state index is 13.5. The predicted molar refractivity (Wildman–Crippen MR) is 125 cm³/mol. The van der Waals surface area contributed by atoms with Crippen LogP contribution in [0.3, 0.4) is 0 Å². The van der Waals surface area contributed by atoms with Gasteiger partial charge in [-0.15, -0.1) is 0 Å². The molecule has 2 aromatic rings. The number of piperazine rings is 1. The number of aryl methyl sites for hydroxylation is 2. The summed E-state index contributed by atoms with van der Waals surface area (Å²) in [4.78, 5) is 28.3. The molecule has 1 fully saturated rings. The van der Waals surface area contributed by atoms with Crippen LogP contribution in [-0.4, -0.2) is 73.9 Å². The van der Waals surface area contributed by atoms with Gasteiger partial charge in [-0.3, -0.25) is 4.79 Å². The summed E-state index contributed by atoms with van der Waals surface area (Å²) in [6.07, 6.45) is -0.396. The van der Waals surface area contributed by atoms with E-state index < -0.39 is 16.1 Å². The van der Waals surface area contributed by atoms with E-state index in [2.05, 4.69) is 0 Å². The third-order valence-corrected chi connectivity index (χ3v) is 7.38. The van der Waals surface area contributed by atoms with Crippen LogP contribution in [0.2, 0.25) is 0 Å². The molecule has 2 aromatic carbocycles. The largest absolute Gasteiger partial charge is 0.450 e. The van der Waals surface area contributed by atoms with Gasteiger partial charge in [-0.2, -0.15) is 4.31 Å². The van der Waals surface area contributed by atoms with Gasteiger partial charge in [-0.05, 0) is 38.5 Å². The molecule has 0 spiro atoms. The summed E-state index contributed by atoms with van der Waals surface area (Å²) in [6.45, 7) is 7.06. The van der Waals surface area contributed by atoms with Crippen LogP contribution < -0.4 is 0 Å². The van der Waals surface area contributed by atoms with Crippen molar-refractivity contribution in [2.24, 2.45) is 0 Å². The Bertz CT molecular complexity index is 1080. The van der Waals surface area contributed by atoms with Crippen molar-refractivity contribution in [3.8, 4) is 0 Å². The highest BCUT2D eigenvalue weighted by Crippen LogP contribution is 2.20. The Morgan fingerprint density at radius 2 is 1.58 bits per heavy atom. The van der Waals surface area contributed by atoms with Gasteiger partial charge in [-0.1, -0.05) is 47.5 Å². The number of hydrogen-bond acceptors (Lipinski definition) is 5. The van der Waals surface area contributed by atoms with Crippen molar-refractivity contribution in [1.82, 2.24) is 14.1 Å². The number of carbonyl (C=O) groups is 2. The van der Waals surface area contributed by atoms with Gasteiger partial charge in [0.2, 0.25) is 15.9 Å². The van der Waals surface area contributed by atoms with Crippen LogP contribution in [0, 0.1) is 13.8 Å². The maximum absolute atomic E-state index is 13.5. The second-order valence-electron chi connectivity index (χ2n) is 8.14. The molecule has 1 aliphatic rings. The van der Waals surface area contributed by atoms with Crippen molar-refractivity contribution in [1.29, 1.82) is 0 Å². The van der Waals surface area contributed by atoms with Crippen LogP contribution in [0.25, 0.3) is 0 Å². The summed E-state index contributed by atoms with van der Waals surface area (Å²) >= 11 is 0. The fourth-order valence-electron chi connectivity index (χ4n) is 3.70. The number of hydrogen-bond donors (Lipinski definition) is 0. The number of nitrogens with zero attached hydrogens (tertiary/aromatic N) is 3. The lowest BCUT2D eigenvalue weighted by Gasteiger charge is -2.35. The number of benzene rings is 2. The molecule has 0 unspecified atom stereocenters. The molecule has 8 nitrogen and oxygen atoms in total. The molecule has 3 rings (SSSR count). The minimum absolute atomic E-state index is 0.0897. The van der Waals surface area contributed by atoms with Gasteiger partial charge in [0.25, 0.3) is 0 Å². The number of amides is 2. The highest BCUT2D eigenvalue weighted by molar-refractivity contribution is 7.89. The van der Waals surface area contributed by atoms with Gasteiger partial charge in [-0.25, -0.2) is 13.2 Å². The highest BCUT2D eigenvalue weighted by Gasteiger charge is 2.31. The van der Waals surface area contributed by atoms with E-state index in [0.717, 1.165) is 16.7 Å². The molecule has 0 aliphatic carbocycles. The van der Waals surface area contributed by atoms with E-state index in [1.807, 2.05) is 38.1 Å². The fourth-order valence-corrected chi connectivity index (χ4v) is 5.08. The number of carbonyl (C=O) groups excluding carboxylic acids is 2. The molecule has 33 heavy (non-hydrogen) atoms. The number of sulfonamides is 1. The van der Waals surface area contributed by atoms with Crippen LogP contribution in [0.15, 0.2) is 53.4 Å². The first-order valence-electron chi connectivity index (χ1n) is 11.0. The van der Waals surface area contributed by atoms with Crippen molar-refractivity contribution in [3.63, 3.8) is 0 Å².